The van der Waals surface area contributed by atoms with Crippen molar-refractivity contribution in [2.45, 2.75) is 32.1 Å². The van der Waals surface area contributed by atoms with Gasteiger partial charge < -0.3 is 16.0 Å². The van der Waals surface area contributed by atoms with Crippen molar-refractivity contribution in [1.82, 2.24) is 10.2 Å². The maximum Gasteiger partial charge on any atom is 0.226 e. The van der Waals surface area contributed by atoms with Gasteiger partial charge in [-0.2, -0.15) is 0 Å². The molecule has 3 unspecified atom stereocenters. The minimum atomic E-state index is -0.0413. The Morgan fingerprint density at radius 3 is 2.74 bits per heavy atom. The molecule has 2 aliphatic rings. The Labute approximate surface area is 114 Å². The Kier molecular flexibility index (Phi) is 4.80. The van der Waals surface area contributed by atoms with Crippen LogP contribution < -0.4 is 11.1 Å². The van der Waals surface area contributed by atoms with E-state index >= 15 is 0 Å². The summed E-state index contributed by atoms with van der Waals surface area (Å²) in [7, 11) is 1.66. The second kappa shape index (κ2) is 6.37. The Hall–Kier alpha value is -1.10. The Morgan fingerprint density at radius 1 is 1.26 bits per heavy atom. The highest BCUT2D eigenvalue weighted by Crippen LogP contribution is 2.33. The van der Waals surface area contributed by atoms with E-state index in [0.29, 0.717) is 19.0 Å². The molecule has 3 atom stereocenters. The fraction of sp³-hybridized carbons (Fsp3) is 0.857. The van der Waals surface area contributed by atoms with E-state index in [1.807, 2.05) is 4.90 Å². The number of nitrogens with one attached hydrogen (secondary N) is 1. The van der Waals surface area contributed by atoms with Gasteiger partial charge in [-0.25, -0.2) is 0 Å². The largest absolute Gasteiger partial charge is 0.359 e. The zero-order valence-corrected chi connectivity index (χ0v) is 11.7. The maximum absolute atomic E-state index is 12.6. The quantitative estimate of drug-likeness (QED) is 0.774. The van der Waals surface area contributed by atoms with Gasteiger partial charge in [0.1, 0.15) is 0 Å². The highest BCUT2D eigenvalue weighted by Gasteiger charge is 2.37. The molecule has 108 valence electrons. The lowest BCUT2D eigenvalue weighted by Crippen LogP contribution is -2.47. The molecular weight excluding hydrogens is 242 g/mol. The van der Waals surface area contributed by atoms with Crippen molar-refractivity contribution in [3.05, 3.63) is 0 Å². The minimum absolute atomic E-state index is 0.0413. The van der Waals surface area contributed by atoms with Crippen LogP contribution in [0.15, 0.2) is 0 Å². The van der Waals surface area contributed by atoms with Gasteiger partial charge in [0.05, 0.1) is 5.92 Å². The molecule has 0 bridgehead atoms. The van der Waals surface area contributed by atoms with Crippen LogP contribution in [-0.4, -0.2) is 43.4 Å². The van der Waals surface area contributed by atoms with E-state index in [4.69, 9.17) is 5.73 Å². The smallest absolute Gasteiger partial charge is 0.226 e. The summed E-state index contributed by atoms with van der Waals surface area (Å²) in [6.45, 7) is 1.97. The van der Waals surface area contributed by atoms with E-state index in [0.717, 1.165) is 38.6 Å². The minimum Gasteiger partial charge on any atom is -0.359 e. The van der Waals surface area contributed by atoms with Gasteiger partial charge in [0, 0.05) is 26.1 Å². The number of nitrogens with zero attached hydrogens (tertiary/aromatic N) is 1. The summed E-state index contributed by atoms with van der Waals surface area (Å²) >= 11 is 0. The fourth-order valence-electron chi connectivity index (χ4n) is 3.47. The summed E-state index contributed by atoms with van der Waals surface area (Å²) < 4.78 is 0. The number of hydrogen-bond donors (Lipinski definition) is 2. The highest BCUT2D eigenvalue weighted by molar-refractivity contribution is 5.82. The van der Waals surface area contributed by atoms with Crippen LogP contribution in [0.2, 0.25) is 0 Å². The molecular formula is C14H25N3O2. The normalized spacial score (nSPS) is 31.3. The molecule has 1 aliphatic heterocycles. The number of likely N-dealkylation sites (tertiary alicyclic amines) is 1. The monoisotopic (exact) mass is 267 g/mol. The first kappa shape index (κ1) is 14.3. The third-order valence-electron chi connectivity index (χ3n) is 4.63. The van der Waals surface area contributed by atoms with Crippen molar-refractivity contribution in [2.75, 3.05) is 26.7 Å². The van der Waals surface area contributed by atoms with Crippen molar-refractivity contribution >= 4 is 11.8 Å². The molecule has 2 amide bonds. The highest BCUT2D eigenvalue weighted by atomic mass is 16.2. The van der Waals surface area contributed by atoms with Crippen LogP contribution in [0.5, 0.6) is 0 Å². The van der Waals surface area contributed by atoms with Crippen molar-refractivity contribution in [3.8, 4) is 0 Å². The number of nitrogens with two attached hydrogens (primary N) is 1. The Bertz CT molecular complexity index is 346. The van der Waals surface area contributed by atoms with Crippen molar-refractivity contribution in [1.29, 1.82) is 0 Å². The van der Waals surface area contributed by atoms with E-state index in [9.17, 15) is 9.59 Å². The van der Waals surface area contributed by atoms with E-state index in [-0.39, 0.29) is 23.7 Å². The van der Waals surface area contributed by atoms with Gasteiger partial charge >= 0.3 is 0 Å². The molecule has 2 rings (SSSR count). The third-order valence-corrected chi connectivity index (χ3v) is 4.63. The first-order valence-corrected chi connectivity index (χ1v) is 7.37. The number of carbonyl (C=O) groups is 2. The van der Waals surface area contributed by atoms with Crippen LogP contribution in [-0.2, 0) is 9.59 Å². The number of amides is 2. The summed E-state index contributed by atoms with van der Waals surface area (Å²) in [6.07, 6.45) is 4.94. The van der Waals surface area contributed by atoms with Crippen molar-refractivity contribution in [2.24, 2.45) is 23.5 Å². The Morgan fingerprint density at radius 2 is 2.05 bits per heavy atom. The first-order chi connectivity index (χ1) is 9.17. The van der Waals surface area contributed by atoms with Gasteiger partial charge in [-0.1, -0.05) is 6.42 Å². The van der Waals surface area contributed by atoms with Gasteiger partial charge in [0.2, 0.25) is 11.8 Å². The summed E-state index contributed by atoms with van der Waals surface area (Å²) in [5.41, 5.74) is 5.75. The molecule has 2 fully saturated rings. The van der Waals surface area contributed by atoms with Gasteiger partial charge in [0.15, 0.2) is 0 Å². The second-order valence-corrected chi connectivity index (χ2v) is 5.77. The molecule has 0 aromatic rings. The van der Waals surface area contributed by atoms with Gasteiger partial charge in [0.25, 0.3) is 0 Å². The molecule has 3 N–H and O–H groups in total. The predicted molar refractivity (Wildman–Crippen MR) is 73.3 cm³/mol. The molecule has 1 saturated heterocycles. The molecule has 1 heterocycles. The van der Waals surface area contributed by atoms with Crippen LogP contribution >= 0.6 is 0 Å². The third kappa shape index (κ3) is 3.08. The van der Waals surface area contributed by atoms with Crippen LogP contribution in [0.25, 0.3) is 0 Å². The average Bonchev–Trinajstić information content (AvgIpc) is 2.94. The number of carbonyl (C=O) groups excluding carboxylic acids is 2. The molecule has 0 aromatic carbocycles. The SMILES string of the molecule is CNC(=O)C1CCCN(C(=O)C2CCCC2CN)C1. The van der Waals surface area contributed by atoms with Crippen LogP contribution in [0, 0.1) is 17.8 Å². The van der Waals surface area contributed by atoms with Crippen molar-refractivity contribution < 1.29 is 9.59 Å². The zero-order chi connectivity index (χ0) is 13.8. The molecule has 0 radical (unpaired) electrons. The lowest BCUT2D eigenvalue weighted by atomic mass is 9.91. The molecule has 5 heteroatoms. The Balaban J connectivity index is 1.97. The van der Waals surface area contributed by atoms with Gasteiger partial charge in [-0.15, -0.1) is 0 Å². The topological polar surface area (TPSA) is 75.4 Å². The summed E-state index contributed by atoms with van der Waals surface area (Å²) in [5, 5.41) is 2.69. The summed E-state index contributed by atoms with van der Waals surface area (Å²) in [4.78, 5) is 26.2. The van der Waals surface area contributed by atoms with Gasteiger partial charge in [-0.05, 0) is 38.1 Å². The lowest BCUT2D eigenvalue weighted by Gasteiger charge is -2.34. The fourth-order valence-corrected chi connectivity index (χ4v) is 3.47. The van der Waals surface area contributed by atoms with Crippen LogP contribution in [0.1, 0.15) is 32.1 Å². The summed E-state index contributed by atoms with van der Waals surface area (Å²) in [6, 6.07) is 0. The van der Waals surface area contributed by atoms with Crippen LogP contribution in [0.4, 0.5) is 0 Å². The number of rotatable bonds is 3. The maximum atomic E-state index is 12.6. The molecule has 0 spiro atoms. The molecule has 1 aliphatic carbocycles. The second-order valence-electron chi connectivity index (χ2n) is 5.77. The van der Waals surface area contributed by atoms with Gasteiger partial charge in [-0.3, -0.25) is 9.59 Å². The van der Waals surface area contributed by atoms with E-state index < -0.39 is 0 Å². The molecule has 19 heavy (non-hydrogen) atoms. The lowest BCUT2D eigenvalue weighted by molar-refractivity contribution is -0.140. The first-order valence-electron chi connectivity index (χ1n) is 7.37. The average molecular weight is 267 g/mol. The molecule has 5 nitrogen and oxygen atoms in total. The van der Waals surface area contributed by atoms with Crippen LogP contribution in [0.3, 0.4) is 0 Å². The number of piperidine rings is 1. The number of hydrogen-bond acceptors (Lipinski definition) is 3. The molecule has 1 saturated carbocycles. The standard InChI is InChI=1S/C14H25N3O2/c1-16-13(18)11-5-3-7-17(9-11)14(19)12-6-2-4-10(12)8-15/h10-12H,2-9,15H2,1H3,(H,16,18). The summed E-state index contributed by atoms with van der Waals surface area (Å²) in [5.74, 6) is 0.669. The zero-order valence-electron chi connectivity index (χ0n) is 11.7. The predicted octanol–water partition coefficient (Wildman–Crippen LogP) is 0.346. The van der Waals surface area contributed by atoms with E-state index in [1.165, 1.54) is 0 Å². The van der Waals surface area contributed by atoms with Crippen molar-refractivity contribution in [3.63, 3.8) is 0 Å². The molecule has 0 aromatic heterocycles. The van der Waals surface area contributed by atoms with E-state index in [1.54, 1.807) is 7.05 Å². The van der Waals surface area contributed by atoms with E-state index in [2.05, 4.69) is 5.32 Å².